The summed E-state index contributed by atoms with van der Waals surface area (Å²) >= 11 is 1.12. The van der Waals surface area contributed by atoms with E-state index in [4.69, 9.17) is 9.47 Å². The van der Waals surface area contributed by atoms with Crippen LogP contribution in [0.4, 0.5) is 10.1 Å². The van der Waals surface area contributed by atoms with Crippen LogP contribution in [0.5, 0.6) is 11.5 Å². The van der Waals surface area contributed by atoms with Crippen molar-refractivity contribution in [2.45, 2.75) is 19.3 Å². The topological polar surface area (TPSA) is 84.9 Å². The first-order valence-corrected chi connectivity index (χ1v) is 11.2. The monoisotopic (exact) mass is 467 g/mol. The fourth-order valence-electron chi connectivity index (χ4n) is 3.88. The van der Waals surface area contributed by atoms with Gasteiger partial charge < -0.3 is 19.9 Å². The first-order valence-electron chi connectivity index (χ1n) is 10.4. The molecular formula is C25H22FNO5S. The zero-order valence-corrected chi connectivity index (χ0v) is 18.7. The summed E-state index contributed by atoms with van der Waals surface area (Å²) in [5, 5.41) is 12.7. The van der Waals surface area contributed by atoms with E-state index in [2.05, 4.69) is 11.9 Å². The molecule has 2 heterocycles. The summed E-state index contributed by atoms with van der Waals surface area (Å²) in [6.45, 7) is 6.27. The van der Waals surface area contributed by atoms with Crippen LogP contribution in [-0.4, -0.2) is 30.2 Å². The van der Waals surface area contributed by atoms with Gasteiger partial charge in [0.1, 0.15) is 17.3 Å². The van der Waals surface area contributed by atoms with Crippen LogP contribution in [0.15, 0.2) is 55.1 Å². The second-order valence-electron chi connectivity index (χ2n) is 7.40. The van der Waals surface area contributed by atoms with Gasteiger partial charge in [0.2, 0.25) is 5.91 Å². The molecule has 6 nitrogen and oxygen atoms in total. The third kappa shape index (κ3) is 4.47. The highest BCUT2D eigenvalue weighted by molar-refractivity contribution is 7.15. The average molecular weight is 468 g/mol. The van der Waals surface area contributed by atoms with Gasteiger partial charge in [0.05, 0.1) is 12.3 Å². The zero-order chi connectivity index (χ0) is 23.5. The molecule has 0 bridgehead atoms. The van der Waals surface area contributed by atoms with E-state index in [1.807, 2.05) is 19.1 Å². The molecule has 33 heavy (non-hydrogen) atoms. The van der Waals surface area contributed by atoms with E-state index in [9.17, 15) is 19.1 Å². The number of aromatic carboxylic acids is 1. The molecule has 1 atom stereocenters. The number of rotatable bonds is 8. The minimum absolute atomic E-state index is 0.0924. The molecule has 0 aliphatic carbocycles. The minimum Gasteiger partial charge on any atom is -0.490 e. The molecule has 2 aromatic carbocycles. The molecule has 2 N–H and O–H groups in total. The highest BCUT2D eigenvalue weighted by atomic mass is 32.1. The van der Waals surface area contributed by atoms with Gasteiger partial charge in [0.25, 0.3) is 0 Å². The van der Waals surface area contributed by atoms with Gasteiger partial charge in [-0.15, -0.1) is 11.3 Å². The number of anilines is 1. The van der Waals surface area contributed by atoms with Gasteiger partial charge in [-0.2, -0.15) is 0 Å². The van der Waals surface area contributed by atoms with Crippen LogP contribution in [0, 0.1) is 5.82 Å². The Morgan fingerprint density at radius 2 is 2.00 bits per heavy atom. The summed E-state index contributed by atoms with van der Waals surface area (Å²) in [4.78, 5) is 25.6. The summed E-state index contributed by atoms with van der Waals surface area (Å²) in [7, 11) is 0. The fraction of sp³-hybridized carbons (Fsp3) is 0.200. The highest BCUT2D eigenvalue weighted by Crippen LogP contribution is 2.50. The normalized spacial score (nSPS) is 14.8. The van der Waals surface area contributed by atoms with Crippen molar-refractivity contribution >= 4 is 28.9 Å². The average Bonchev–Trinajstić information content (AvgIpc) is 3.18. The van der Waals surface area contributed by atoms with Crippen LogP contribution in [0.3, 0.4) is 0 Å². The summed E-state index contributed by atoms with van der Waals surface area (Å²) < 4.78 is 24.9. The lowest BCUT2D eigenvalue weighted by Crippen LogP contribution is -2.22. The fourth-order valence-corrected chi connectivity index (χ4v) is 5.12. The molecule has 4 rings (SSSR count). The smallest absolute Gasteiger partial charge is 0.346 e. The van der Waals surface area contributed by atoms with E-state index in [1.54, 1.807) is 12.1 Å². The number of carbonyl (C=O) groups excluding carboxylic acids is 1. The van der Waals surface area contributed by atoms with Crippen LogP contribution in [0.2, 0.25) is 0 Å². The predicted octanol–water partition coefficient (Wildman–Crippen LogP) is 5.69. The number of amides is 1. The molecule has 0 radical (unpaired) electrons. The summed E-state index contributed by atoms with van der Waals surface area (Å²) in [5.74, 6) is -1.02. The van der Waals surface area contributed by atoms with Gasteiger partial charge in [-0.1, -0.05) is 30.9 Å². The van der Waals surface area contributed by atoms with Crippen LogP contribution in [-0.2, 0) is 4.79 Å². The highest BCUT2D eigenvalue weighted by Gasteiger charge is 2.34. The third-order valence-electron chi connectivity index (χ3n) is 5.26. The summed E-state index contributed by atoms with van der Waals surface area (Å²) in [5.41, 5.74) is 2.17. The molecule has 0 saturated heterocycles. The summed E-state index contributed by atoms with van der Waals surface area (Å²) in [6, 6.07) is 11.0. The molecule has 1 aromatic heterocycles. The number of hydrogen-bond donors (Lipinski definition) is 2. The summed E-state index contributed by atoms with van der Waals surface area (Å²) in [6.07, 6.45) is 1.80. The van der Waals surface area contributed by atoms with Crippen LogP contribution in [0.1, 0.15) is 39.4 Å². The number of fused-ring (bicyclic) bond motifs is 1. The molecule has 1 aliphatic rings. The van der Waals surface area contributed by atoms with Gasteiger partial charge in [0, 0.05) is 22.8 Å². The van der Waals surface area contributed by atoms with Crippen molar-refractivity contribution in [2.24, 2.45) is 0 Å². The van der Waals surface area contributed by atoms with Gasteiger partial charge in [-0.3, -0.25) is 4.79 Å². The molecule has 8 heteroatoms. The molecule has 1 aliphatic heterocycles. The van der Waals surface area contributed by atoms with Crippen molar-refractivity contribution in [3.8, 4) is 22.6 Å². The van der Waals surface area contributed by atoms with Gasteiger partial charge in [0.15, 0.2) is 11.5 Å². The second-order valence-corrected chi connectivity index (χ2v) is 8.45. The predicted molar refractivity (Wildman–Crippen MR) is 125 cm³/mol. The van der Waals surface area contributed by atoms with E-state index < -0.39 is 11.8 Å². The third-order valence-corrected chi connectivity index (χ3v) is 6.55. The first-order chi connectivity index (χ1) is 15.9. The number of nitrogens with one attached hydrogen (secondary N) is 1. The van der Waals surface area contributed by atoms with Crippen molar-refractivity contribution < 1.29 is 28.6 Å². The Labute approximate surface area is 194 Å². The van der Waals surface area contributed by atoms with E-state index in [-0.39, 0.29) is 23.1 Å². The van der Waals surface area contributed by atoms with Crippen molar-refractivity contribution in [3.63, 3.8) is 0 Å². The van der Waals surface area contributed by atoms with Crippen molar-refractivity contribution in [1.29, 1.82) is 0 Å². The quantitative estimate of drug-likeness (QED) is 0.416. The van der Waals surface area contributed by atoms with Crippen LogP contribution < -0.4 is 14.8 Å². The van der Waals surface area contributed by atoms with E-state index in [0.29, 0.717) is 41.5 Å². The molecule has 0 spiro atoms. The van der Waals surface area contributed by atoms with E-state index in [0.717, 1.165) is 21.8 Å². The van der Waals surface area contributed by atoms with Crippen molar-refractivity contribution in [3.05, 3.63) is 76.3 Å². The minimum atomic E-state index is -1.11. The second kappa shape index (κ2) is 9.46. The molecule has 1 amide bonds. The maximum atomic E-state index is 13.5. The standard InChI is InChI=1S/C25H22FNO5S/c1-3-11-32-18-10-7-15(12-19(18)31-4-2)17-13-20(28)27-22-21(14-5-8-16(26)9-6-14)24(25(29)30)33-23(17)22/h3,5-10,12,17H,1,4,11,13H2,2H3,(H,27,28)(H,29,30)/t17-/m0/s1. The first kappa shape index (κ1) is 22.5. The molecule has 170 valence electrons. The Bertz CT molecular complexity index is 1220. The Kier molecular flexibility index (Phi) is 6.46. The number of hydrogen-bond acceptors (Lipinski definition) is 5. The molecule has 3 aromatic rings. The lowest BCUT2D eigenvalue weighted by atomic mass is 9.88. The SMILES string of the molecule is C=CCOc1ccc([C@@H]2CC(=O)Nc3c2sc(C(=O)O)c3-c2ccc(F)cc2)cc1OCC. The molecule has 0 saturated carbocycles. The maximum absolute atomic E-state index is 13.5. The number of benzene rings is 2. The lowest BCUT2D eigenvalue weighted by Gasteiger charge is -2.24. The molecule has 0 unspecified atom stereocenters. The van der Waals surface area contributed by atoms with Gasteiger partial charge in [-0.05, 0) is 42.3 Å². The Morgan fingerprint density at radius 1 is 1.24 bits per heavy atom. The van der Waals surface area contributed by atoms with E-state index >= 15 is 0 Å². The number of carboxylic acid groups (broad SMARTS) is 1. The molecule has 0 fully saturated rings. The number of carboxylic acids is 1. The number of ether oxygens (including phenoxy) is 2. The number of thiophene rings is 1. The van der Waals surface area contributed by atoms with Gasteiger partial charge >= 0.3 is 5.97 Å². The van der Waals surface area contributed by atoms with E-state index in [1.165, 1.54) is 24.3 Å². The van der Waals surface area contributed by atoms with Crippen molar-refractivity contribution in [2.75, 3.05) is 18.5 Å². The largest absolute Gasteiger partial charge is 0.490 e. The van der Waals surface area contributed by atoms with Gasteiger partial charge in [-0.25, -0.2) is 9.18 Å². The Balaban J connectivity index is 1.84. The molecular weight excluding hydrogens is 445 g/mol. The van der Waals surface area contributed by atoms with Crippen LogP contribution >= 0.6 is 11.3 Å². The number of carbonyl (C=O) groups is 2. The lowest BCUT2D eigenvalue weighted by molar-refractivity contribution is -0.116. The van der Waals surface area contributed by atoms with Crippen LogP contribution in [0.25, 0.3) is 11.1 Å². The number of halogens is 1. The van der Waals surface area contributed by atoms with Crippen molar-refractivity contribution in [1.82, 2.24) is 0 Å². The Morgan fingerprint density at radius 3 is 2.67 bits per heavy atom. The maximum Gasteiger partial charge on any atom is 0.346 e. The Hall–Kier alpha value is -3.65. The zero-order valence-electron chi connectivity index (χ0n) is 17.9.